The molecule has 0 spiro atoms. The quantitative estimate of drug-likeness (QED) is 0.783. The van der Waals surface area contributed by atoms with Crippen LogP contribution in [0.4, 0.5) is 13.2 Å². The lowest BCUT2D eigenvalue weighted by Gasteiger charge is -2.18. The molecule has 0 amide bonds. The fourth-order valence-electron chi connectivity index (χ4n) is 2.07. The number of rotatable bonds is 4. The highest BCUT2D eigenvalue weighted by Gasteiger charge is 2.17. The van der Waals surface area contributed by atoms with Gasteiger partial charge < -0.3 is 5.32 Å². The number of likely N-dealkylation sites (N-methyl/N-ethyl adjacent to an activating group) is 1. The third-order valence-corrected chi connectivity index (χ3v) is 3.78. The Kier molecular flexibility index (Phi) is 5.14. The summed E-state index contributed by atoms with van der Waals surface area (Å²) < 4.78 is 39.7. The van der Waals surface area contributed by atoms with Crippen molar-refractivity contribution in [3.63, 3.8) is 0 Å². The van der Waals surface area contributed by atoms with Crippen molar-refractivity contribution in [3.8, 4) is 0 Å². The van der Waals surface area contributed by atoms with Gasteiger partial charge in [0.25, 0.3) is 0 Å². The Hall–Kier alpha value is -1.23. The second-order valence-corrected chi connectivity index (χ2v) is 5.42. The summed E-state index contributed by atoms with van der Waals surface area (Å²) in [6.07, 6.45) is 0.386. The second-order valence-electron chi connectivity index (χ2n) is 4.58. The minimum absolute atomic E-state index is 0.305. The first-order chi connectivity index (χ1) is 9.92. The maximum atomic E-state index is 13.3. The lowest BCUT2D eigenvalue weighted by Crippen LogP contribution is -2.19. The van der Waals surface area contributed by atoms with Crippen molar-refractivity contribution >= 4 is 23.2 Å². The zero-order chi connectivity index (χ0) is 15.6. The summed E-state index contributed by atoms with van der Waals surface area (Å²) in [7, 11) is 1.65. The van der Waals surface area contributed by atoms with Crippen LogP contribution in [0.5, 0.6) is 0 Å². The molecular weight excluding hydrogens is 322 g/mol. The van der Waals surface area contributed by atoms with Gasteiger partial charge in [-0.2, -0.15) is 0 Å². The molecule has 2 aromatic carbocycles. The zero-order valence-corrected chi connectivity index (χ0v) is 12.6. The molecule has 2 rings (SSSR count). The van der Waals surface area contributed by atoms with E-state index >= 15 is 0 Å². The lowest BCUT2D eigenvalue weighted by atomic mass is 9.98. The van der Waals surface area contributed by atoms with Crippen LogP contribution in [0.2, 0.25) is 10.0 Å². The first-order valence-corrected chi connectivity index (χ1v) is 6.93. The third kappa shape index (κ3) is 3.70. The average Bonchev–Trinajstić information content (AvgIpc) is 2.43. The van der Waals surface area contributed by atoms with Gasteiger partial charge in [0.15, 0.2) is 17.5 Å². The van der Waals surface area contributed by atoms with Crippen LogP contribution < -0.4 is 5.32 Å². The molecule has 1 N–H and O–H groups in total. The molecule has 1 atom stereocenters. The Bertz CT molecular complexity index is 638. The van der Waals surface area contributed by atoms with Crippen LogP contribution in [-0.2, 0) is 6.42 Å². The van der Waals surface area contributed by atoms with Crippen LogP contribution in [0, 0.1) is 17.5 Å². The third-order valence-electron chi connectivity index (χ3n) is 3.20. The molecule has 21 heavy (non-hydrogen) atoms. The molecule has 1 nitrogen and oxygen atoms in total. The number of hydrogen-bond acceptors (Lipinski definition) is 1. The summed E-state index contributed by atoms with van der Waals surface area (Å²) in [5.74, 6) is -3.90. The maximum absolute atomic E-state index is 13.3. The summed E-state index contributed by atoms with van der Waals surface area (Å²) in [4.78, 5) is 0. The van der Waals surface area contributed by atoms with Crippen molar-refractivity contribution in [3.05, 3.63) is 69.0 Å². The number of halogens is 5. The molecule has 0 fully saturated rings. The standard InChI is InChI=1S/C15H12Cl2F3N/c1-21-14(6-8-2-3-10(16)7-11(8)17)9-4-12(18)15(20)13(19)5-9/h2-5,7,14,21H,6H2,1H3. The van der Waals surface area contributed by atoms with Crippen LogP contribution in [0.3, 0.4) is 0 Å². The highest BCUT2D eigenvalue weighted by Crippen LogP contribution is 2.27. The van der Waals surface area contributed by atoms with Gasteiger partial charge in [-0.25, -0.2) is 13.2 Å². The minimum Gasteiger partial charge on any atom is -0.313 e. The first kappa shape index (κ1) is 16.1. The van der Waals surface area contributed by atoms with E-state index in [1.807, 2.05) is 0 Å². The molecule has 0 aromatic heterocycles. The predicted molar refractivity (Wildman–Crippen MR) is 78.3 cm³/mol. The van der Waals surface area contributed by atoms with Crippen LogP contribution >= 0.6 is 23.2 Å². The van der Waals surface area contributed by atoms with Crippen molar-refractivity contribution in [1.29, 1.82) is 0 Å². The SMILES string of the molecule is CNC(Cc1ccc(Cl)cc1Cl)c1cc(F)c(F)c(F)c1. The van der Waals surface area contributed by atoms with Crippen LogP contribution in [0.15, 0.2) is 30.3 Å². The largest absolute Gasteiger partial charge is 0.313 e. The van der Waals surface area contributed by atoms with E-state index in [2.05, 4.69) is 5.32 Å². The highest BCUT2D eigenvalue weighted by molar-refractivity contribution is 6.35. The molecule has 0 heterocycles. The molecule has 112 valence electrons. The normalized spacial score (nSPS) is 12.5. The Morgan fingerprint density at radius 1 is 1.05 bits per heavy atom. The molecule has 1 unspecified atom stereocenters. The van der Waals surface area contributed by atoms with Crippen LogP contribution in [-0.4, -0.2) is 7.05 Å². The van der Waals surface area contributed by atoms with E-state index in [0.717, 1.165) is 17.7 Å². The van der Waals surface area contributed by atoms with Crippen molar-refractivity contribution < 1.29 is 13.2 Å². The summed E-state index contributed by atoms with van der Waals surface area (Å²) in [6.45, 7) is 0. The van der Waals surface area contributed by atoms with Gasteiger partial charge in [-0.3, -0.25) is 0 Å². The van der Waals surface area contributed by atoms with Gasteiger partial charge in [0.2, 0.25) is 0 Å². The fourth-order valence-corrected chi connectivity index (χ4v) is 2.56. The average molecular weight is 334 g/mol. The van der Waals surface area contributed by atoms with Gasteiger partial charge in [0.05, 0.1) is 0 Å². The second kappa shape index (κ2) is 6.69. The van der Waals surface area contributed by atoms with Gasteiger partial charge in [-0.05, 0) is 48.9 Å². The fraction of sp³-hybridized carbons (Fsp3) is 0.200. The van der Waals surface area contributed by atoms with Crippen molar-refractivity contribution in [2.45, 2.75) is 12.5 Å². The zero-order valence-electron chi connectivity index (χ0n) is 11.1. The van der Waals surface area contributed by atoms with Gasteiger partial charge in [-0.15, -0.1) is 0 Å². The van der Waals surface area contributed by atoms with Gasteiger partial charge in [-0.1, -0.05) is 29.3 Å². The summed E-state index contributed by atoms with van der Waals surface area (Å²) in [5.41, 5.74) is 1.07. The lowest BCUT2D eigenvalue weighted by molar-refractivity contribution is 0.441. The molecular formula is C15H12Cl2F3N. The van der Waals surface area contributed by atoms with E-state index in [1.54, 1.807) is 25.2 Å². The van der Waals surface area contributed by atoms with Gasteiger partial charge >= 0.3 is 0 Å². The number of benzene rings is 2. The van der Waals surface area contributed by atoms with E-state index in [-0.39, 0.29) is 0 Å². The number of hydrogen-bond donors (Lipinski definition) is 1. The Labute approximate surface area is 130 Å². The number of nitrogens with one attached hydrogen (secondary N) is 1. The Balaban J connectivity index is 2.32. The van der Waals surface area contributed by atoms with E-state index in [4.69, 9.17) is 23.2 Å². The molecule has 6 heteroatoms. The smallest absolute Gasteiger partial charge is 0.194 e. The molecule has 2 aromatic rings. The summed E-state index contributed by atoms with van der Waals surface area (Å²) >= 11 is 11.9. The molecule has 0 saturated heterocycles. The monoisotopic (exact) mass is 333 g/mol. The molecule has 0 aliphatic heterocycles. The van der Waals surface area contributed by atoms with E-state index in [0.29, 0.717) is 22.0 Å². The molecule has 0 saturated carbocycles. The van der Waals surface area contributed by atoms with Gasteiger partial charge in [0, 0.05) is 16.1 Å². The van der Waals surface area contributed by atoms with E-state index < -0.39 is 23.5 Å². The topological polar surface area (TPSA) is 12.0 Å². The van der Waals surface area contributed by atoms with Crippen molar-refractivity contribution in [2.75, 3.05) is 7.05 Å². The summed E-state index contributed by atoms with van der Waals surface area (Å²) in [6, 6.07) is 6.56. The predicted octanol–water partition coefficient (Wildman–Crippen LogP) is 4.91. The van der Waals surface area contributed by atoms with Crippen LogP contribution in [0.25, 0.3) is 0 Å². The van der Waals surface area contributed by atoms with Gasteiger partial charge in [0.1, 0.15) is 0 Å². The maximum Gasteiger partial charge on any atom is 0.194 e. The summed E-state index contributed by atoms with van der Waals surface area (Å²) in [5, 5.41) is 3.90. The van der Waals surface area contributed by atoms with E-state index in [1.165, 1.54) is 0 Å². The first-order valence-electron chi connectivity index (χ1n) is 6.18. The Morgan fingerprint density at radius 2 is 1.67 bits per heavy atom. The molecule has 0 aliphatic carbocycles. The molecule has 0 aliphatic rings. The molecule has 0 bridgehead atoms. The highest BCUT2D eigenvalue weighted by atomic mass is 35.5. The Morgan fingerprint density at radius 3 is 2.19 bits per heavy atom. The minimum atomic E-state index is -1.47. The van der Waals surface area contributed by atoms with Crippen molar-refractivity contribution in [1.82, 2.24) is 5.32 Å². The van der Waals surface area contributed by atoms with Crippen molar-refractivity contribution in [2.24, 2.45) is 0 Å². The van der Waals surface area contributed by atoms with E-state index in [9.17, 15) is 13.2 Å². The van der Waals surface area contributed by atoms with Crippen LogP contribution in [0.1, 0.15) is 17.2 Å². The molecule has 0 radical (unpaired) electrons.